The molecule has 0 aliphatic heterocycles. The van der Waals surface area contributed by atoms with Gasteiger partial charge in [0.15, 0.2) is 11.5 Å². The number of nitrogen functional groups attached to an aromatic ring is 1. The number of hydrogen-bond acceptors (Lipinski definition) is 3. The predicted molar refractivity (Wildman–Crippen MR) is 60.6 cm³/mol. The fourth-order valence-corrected chi connectivity index (χ4v) is 1.52. The van der Waals surface area contributed by atoms with Crippen molar-refractivity contribution in [2.75, 3.05) is 5.73 Å². The number of hydrogen-bond donors (Lipinski definition) is 1. The summed E-state index contributed by atoms with van der Waals surface area (Å²) in [5, 5.41) is 4.38. The van der Waals surface area contributed by atoms with E-state index in [0.29, 0.717) is 5.82 Å². The summed E-state index contributed by atoms with van der Waals surface area (Å²) in [4.78, 5) is 4.43. The zero-order valence-corrected chi connectivity index (χ0v) is 9.36. The van der Waals surface area contributed by atoms with E-state index in [1.165, 1.54) is 0 Å². The maximum atomic E-state index is 5.79. The molecule has 0 radical (unpaired) electrons. The Kier molecular flexibility index (Phi) is 2.14. The summed E-state index contributed by atoms with van der Waals surface area (Å²) in [5.74, 6) is 1.47. The molecule has 0 aromatic carbocycles. The van der Waals surface area contributed by atoms with E-state index in [9.17, 15) is 0 Å². The van der Waals surface area contributed by atoms with E-state index in [0.717, 1.165) is 17.9 Å². The molecule has 0 spiro atoms. The summed E-state index contributed by atoms with van der Waals surface area (Å²) >= 11 is 0. The van der Waals surface area contributed by atoms with Crippen molar-refractivity contribution in [1.29, 1.82) is 0 Å². The second kappa shape index (κ2) is 3.22. The third-order valence-corrected chi connectivity index (χ3v) is 2.12. The quantitative estimate of drug-likeness (QED) is 0.771. The molecule has 2 aromatic heterocycles. The SMILES string of the molecule is CC(C)(C)Cc1nc2cccc(N)n2n1. The summed E-state index contributed by atoms with van der Waals surface area (Å²) in [5.41, 5.74) is 6.80. The molecule has 80 valence electrons. The van der Waals surface area contributed by atoms with Crippen molar-refractivity contribution in [3.8, 4) is 0 Å². The van der Waals surface area contributed by atoms with Crippen molar-refractivity contribution >= 4 is 11.5 Å². The summed E-state index contributed by atoms with van der Waals surface area (Å²) in [6, 6.07) is 5.62. The van der Waals surface area contributed by atoms with E-state index in [1.54, 1.807) is 4.52 Å². The Labute approximate surface area is 89.1 Å². The highest BCUT2D eigenvalue weighted by Gasteiger charge is 2.15. The average molecular weight is 204 g/mol. The monoisotopic (exact) mass is 204 g/mol. The smallest absolute Gasteiger partial charge is 0.157 e. The molecule has 0 unspecified atom stereocenters. The van der Waals surface area contributed by atoms with Crippen LogP contribution in [0.1, 0.15) is 26.6 Å². The van der Waals surface area contributed by atoms with Crippen LogP contribution < -0.4 is 5.73 Å². The van der Waals surface area contributed by atoms with Crippen molar-refractivity contribution in [2.45, 2.75) is 27.2 Å². The zero-order chi connectivity index (χ0) is 11.1. The first kappa shape index (κ1) is 9.96. The molecule has 4 nitrogen and oxygen atoms in total. The molecule has 2 rings (SSSR count). The lowest BCUT2D eigenvalue weighted by atomic mass is 9.92. The van der Waals surface area contributed by atoms with Gasteiger partial charge in [-0.25, -0.2) is 4.98 Å². The number of nitrogens with two attached hydrogens (primary N) is 1. The molecule has 0 saturated heterocycles. The minimum atomic E-state index is 0.194. The van der Waals surface area contributed by atoms with Crippen LogP contribution in [0, 0.1) is 5.41 Å². The van der Waals surface area contributed by atoms with Crippen LogP contribution in [0.3, 0.4) is 0 Å². The summed E-state index contributed by atoms with van der Waals surface area (Å²) in [7, 11) is 0. The van der Waals surface area contributed by atoms with Gasteiger partial charge in [0.05, 0.1) is 0 Å². The molecule has 2 heterocycles. The van der Waals surface area contributed by atoms with Crippen molar-refractivity contribution in [3.63, 3.8) is 0 Å². The van der Waals surface area contributed by atoms with Gasteiger partial charge >= 0.3 is 0 Å². The standard InChI is InChI=1S/C11H16N4/c1-11(2,3)7-9-13-10-6-4-5-8(12)15(10)14-9/h4-6H,7,12H2,1-3H3. The van der Waals surface area contributed by atoms with E-state index in [4.69, 9.17) is 5.73 Å². The minimum absolute atomic E-state index is 0.194. The Morgan fingerprint density at radius 2 is 2.07 bits per heavy atom. The lowest BCUT2D eigenvalue weighted by Gasteiger charge is -2.14. The van der Waals surface area contributed by atoms with Gasteiger partial charge < -0.3 is 5.73 Å². The first-order valence-corrected chi connectivity index (χ1v) is 5.06. The molecular formula is C11H16N4. The number of nitrogens with zero attached hydrogens (tertiary/aromatic N) is 3. The van der Waals surface area contributed by atoms with Crippen LogP contribution in [-0.2, 0) is 6.42 Å². The lowest BCUT2D eigenvalue weighted by molar-refractivity contribution is 0.401. The molecule has 0 aliphatic rings. The van der Waals surface area contributed by atoms with Gasteiger partial charge in [-0.05, 0) is 17.5 Å². The van der Waals surface area contributed by atoms with Gasteiger partial charge in [0.25, 0.3) is 0 Å². The fraction of sp³-hybridized carbons (Fsp3) is 0.455. The Morgan fingerprint density at radius 1 is 1.33 bits per heavy atom. The van der Waals surface area contributed by atoms with Gasteiger partial charge in [0, 0.05) is 6.42 Å². The van der Waals surface area contributed by atoms with E-state index in [-0.39, 0.29) is 5.41 Å². The topological polar surface area (TPSA) is 56.2 Å². The van der Waals surface area contributed by atoms with Gasteiger partial charge in [0.2, 0.25) is 0 Å². The summed E-state index contributed by atoms with van der Waals surface area (Å²) in [6.45, 7) is 6.51. The number of pyridine rings is 1. The van der Waals surface area contributed by atoms with Crippen LogP contribution in [0.15, 0.2) is 18.2 Å². The Morgan fingerprint density at radius 3 is 2.67 bits per heavy atom. The summed E-state index contributed by atoms with van der Waals surface area (Å²) in [6.07, 6.45) is 0.855. The minimum Gasteiger partial charge on any atom is -0.384 e. The number of anilines is 1. The molecule has 0 bridgehead atoms. The second-order valence-corrected chi connectivity index (χ2v) is 4.99. The van der Waals surface area contributed by atoms with Crippen LogP contribution in [-0.4, -0.2) is 14.6 Å². The van der Waals surface area contributed by atoms with Crippen molar-refractivity contribution in [3.05, 3.63) is 24.0 Å². The predicted octanol–water partition coefficient (Wildman–Crippen LogP) is 1.90. The van der Waals surface area contributed by atoms with E-state index in [2.05, 4.69) is 30.9 Å². The third kappa shape index (κ3) is 2.09. The molecule has 0 amide bonds. The van der Waals surface area contributed by atoms with E-state index < -0.39 is 0 Å². The van der Waals surface area contributed by atoms with Gasteiger partial charge in [-0.2, -0.15) is 4.52 Å². The maximum absolute atomic E-state index is 5.79. The highest BCUT2D eigenvalue weighted by molar-refractivity contribution is 5.45. The number of rotatable bonds is 1. The first-order valence-electron chi connectivity index (χ1n) is 5.06. The average Bonchev–Trinajstić information content (AvgIpc) is 2.45. The Hall–Kier alpha value is -1.58. The molecule has 0 atom stereocenters. The second-order valence-electron chi connectivity index (χ2n) is 4.99. The fourth-order valence-electron chi connectivity index (χ4n) is 1.52. The van der Waals surface area contributed by atoms with Crippen molar-refractivity contribution in [1.82, 2.24) is 14.6 Å². The van der Waals surface area contributed by atoms with Crippen LogP contribution in [0.25, 0.3) is 5.65 Å². The van der Waals surface area contributed by atoms with Crippen LogP contribution in [0.2, 0.25) is 0 Å². The maximum Gasteiger partial charge on any atom is 0.157 e. The molecule has 15 heavy (non-hydrogen) atoms. The van der Waals surface area contributed by atoms with E-state index >= 15 is 0 Å². The van der Waals surface area contributed by atoms with Crippen LogP contribution in [0.4, 0.5) is 5.82 Å². The number of fused-ring (bicyclic) bond motifs is 1. The van der Waals surface area contributed by atoms with Crippen LogP contribution >= 0.6 is 0 Å². The molecule has 2 aromatic rings. The normalized spacial score (nSPS) is 12.2. The summed E-state index contributed by atoms with van der Waals surface area (Å²) < 4.78 is 1.68. The van der Waals surface area contributed by atoms with Gasteiger partial charge in [-0.15, -0.1) is 5.10 Å². The third-order valence-electron chi connectivity index (χ3n) is 2.12. The Balaban J connectivity index is 2.44. The molecular weight excluding hydrogens is 188 g/mol. The molecule has 0 fully saturated rings. The molecule has 0 aliphatic carbocycles. The Bertz CT molecular complexity index is 479. The largest absolute Gasteiger partial charge is 0.384 e. The van der Waals surface area contributed by atoms with Crippen molar-refractivity contribution < 1.29 is 0 Å². The highest BCUT2D eigenvalue weighted by atomic mass is 15.3. The van der Waals surface area contributed by atoms with Gasteiger partial charge in [-0.1, -0.05) is 26.8 Å². The highest BCUT2D eigenvalue weighted by Crippen LogP contribution is 2.19. The van der Waals surface area contributed by atoms with Crippen molar-refractivity contribution in [2.24, 2.45) is 5.41 Å². The first-order chi connectivity index (χ1) is 6.96. The van der Waals surface area contributed by atoms with E-state index in [1.807, 2.05) is 18.2 Å². The van der Waals surface area contributed by atoms with Gasteiger partial charge in [0.1, 0.15) is 5.82 Å². The molecule has 4 heteroatoms. The lowest BCUT2D eigenvalue weighted by Crippen LogP contribution is -2.10. The zero-order valence-electron chi connectivity index (χ0n) is 9.36. The van der Waals surface area contributed by atoms with Gasteiger partial charge in [-0.3, -0.25) is 0 Å². The number of aromatic nitrogens is 3. The van der Waals surface area contributed by atoms with Crippen LogP contribution in [0.5, 0.6) is 0 Å². The molecule has 2 N–H and O–H groups in total. The molecule has 0 saturated carbocycles.